The van der Waals surface area contributed by atoms with Gasteiger partial charge in [-0.1, -0.05) is 11.6 Å². The van der Waals surface area contributed by atoms with Crippen LogP contribution >= 0.6 is 11.6 Å². The third-order valence-electron chi connectivity index (χ3n) is 4.03. The number of anilines is 1. The topological polar surface area (TPSA) is 74.5 Å². The quantitative estimate of drug-likeness (QED) is 0.898. The van der Waals surface area contributed by atoms with Crippen molar-refractivity contribution in [3.05, 3.63) is 33.5 Å². The van der Waals surface area contributed by atoms with E-state index in [9.17, 15) is 14.0 Å². The molecule has 25 heavy (non-hydrogen) atoms. The molecule has 1 atom stereocenters. The van der Waals surface area contributed by atoms with Gasteiger partial charge in [-0.15, -0.1) is 0 Å². The largest absolute Gasteiger partial charge is 0.453 e. The molecule has 0 saturated carbocycles. The summed E-state index contributed by atoms with van der Waals surface area (Å²) in [6, 6.07) is 2.45. The van der Waals surface area contributed by atoms with E-state index < -0.39 is 23.6 Å². The fourth-order valence-corrected chi connectivity index (χ4v) is 3.26. The minimum Gasteiger partial charge on any atom is -0.453 e. The zero-order chi connectivity index (χ0) is 18.3. The summed E-state index contributed by atoms with van der Waals surface area (Å²) in [6.07, 6.45) is -1.15. The summed E-state index contributed by atoms with van der Waals surface area (Å²) in [4.78, 5) is 24.5. The molecule has 0 spiro atoms. The van der Waals surface area contributed by atoms with E-state index in [0.29, 0.717) is 13.1 Å². The number of carbonyl (C=O) groups excluding carboxylic acids is 1. The first kappa shape index (κ1) is 17.5. The minimum absolute atomic E-state index is 0.00270. The van der Waals surface area contributed by atoms with E-state index in [1.54, 1.807) is 11.6 Å². The van der Waals surface area contributed by atoms with Gasteiger partial charge in [0.05, 0.1) is 11.3 Å². The predicted molar refractivity (Wildman–Crippen MR) is 90.5 cm³/mol. The molecule has 2 aromatic rings. The van der Waals surface area contributed by atoms with Crippen LogP contribution in [-0.4, -0.2) is 28.7 Å². The lowest BCUT2D eigenvalue weighted by Crippen LogP contribution is -2.38. The predicted octanol–water partition coefficient (Wildman–Crippen LogP) is 2.45. The van der Waals surface area contributed by atoms with E-state index in [2.05, 4.69) is 5.32 Å². The zero-order valence-electron chi connectivity index (χ0n) is 13.9. The van der Waals surface area contributed by atoms with Crippen LogP contribution in [0.15, 0.2) is 16.9 Å². The molecule has 1 unspecified atom stereocenters. The Kier molecular flexibility index (Phi) is 4.57. The number of amides is 1. The third kappa shape index (κ3) is 2.71. The molecule has 0 radical (unpaired) electrons. The van der Waals surface area contributed by atoms with Crippen molar-refractivity contribution in [3.63, 3.8) is 0 Å². The number of nitrogens with zero attached hydrogens (tertiary/aromatic N) is 2. The first-order chi connectivity index (χ1) is 11.9. The van der Waals surface area contributed by atoms with Gasteiger partial charge in [0.1, 0.15) is 16.7 Å². The van der Waals surface area contributed by atoms with Crippen LogP contribution in [0.3, 0.4) is 0 Å². The van der Waals surface area contributed by atoms with Gasteiger partial charge in [0.15, 0.2) is 0 Å². The first-order valence-electron chi connectivity index (χ1n) is 7.76. The van der Waals surface area contributed by atoms with E-state index in [1.165, 1.54) is 17.9 Å². The second kappa shape index (κ2) is 6.53. The Labute approximate surface area is 147 Å². The Morgan fingerprint density at radius 1 is 1.28 bits per heavy atom. The van der Waals surface area contributed by atoms with E-state index in [4.69, 9.17) is 21.1 Å². The van der Waals surface area contributed by atoms with Crippen LogP contribution in [0.5, 0.6) is 5.75 Å². The molecule has 9 heteroatoms. The number of carbonyl (C=O) groups is 1. The number of rotatable bonds is 4. The summed E-state index contributed by atoms with van der Waals surface area (Å²) in [5.41, 5.74) is -0.0971. The summed E-state index contributed by atoms with van der Waals surface area (Å²) >= 11 is 6.31. The molecule has 1 aliphatic heterocycles. The number of nitrogens with one attached hydrogen (secondary N) is 1. The number of methoxy groups -OCH3 is 1. The Balaban J connectivity index is 2.18. The maximum atomic E-state index is 14.7. The van der Waals surface area contributed by atoms with E-state index >= 15 is 0 Å². The van der Waals surface area contributed by atoms with Gasteiger partial charge in [0, 0.05) is 31.8 Å². The zero-order valence-corrected chi connectivity index (χ0v) is 14.7. The fraction of sp³-hybridized carbons (Fsp3) is 0.375. The molecule has 0 fully saturated rings. The number of fused-ring (bicyclic) bond motifs is 1. The molecule has 1 aliphatic rings. The maximum Gasteiger partial charge on any atom is 0.294 e. The van der Waals surface area contributed by atoms with Gasteiger partial charge in [-0.05, 0) is 19.9 Å². The molecule has 1 amide bonds. The van der Waals surface area contributed by atoms with E-state index in [0.717, 1.165) is 6.07 Å². The van der Waals surface area contributed by atoms with Crippen molar-refractivity contribution in [2.45, 2.75) is 33.2 Å². The van der Waals surface area contributed by atoms with Crippen LogP contribution in [0.4, 0.5) is 10.1 Å². The molecule has 0 aliphatic carbocycles. The number of halogens is 2. The Morgan fingerprint density at radius 2 is 1.96 bits per heavy atom. The highest BCUT2D eigenvalue weighted by Crippen LogP contribution is 2.37. The summed E-state index contributed by atoms with van der Waals surface area (Å²) in [5.74, 6) is -1.08. The number of hydrogen-bond donors (Lipinski definition) is 1. The van der Waals surface area contributed by atoms with Crippen molar-refractivity contribution >= 4 is 23.2 Å². The minimum atomic E-state index is -1.15. The molecule has 3 rings (SSSR count). The smallest absolute Gasteiger partial charge is 0.294 e. The van der Waals surface area contributed by atoms with Gasteiger partial charge in [0.25, 0.3) is 17.8 Å². The summed E-state index contributed by atoms with van der Waals surface area (Å²) in [5, 5.41) is 2.72. The molecule has 1 N–H and O–H groups in total. The Hall–Kier alpha value is -2.32. The molecular weight excluding hydrogens is 353 g/mol. The molecule has 0 bridgehead atoms. The van der Waals surface area contributed by atoms with Crippen LogP contribution in [-0.2, 0) is 22.6 Å². The van der Waals surface area contributed by atoms with Crippen LogP contribution in [0.25, 0.3) is 11.1 Å². The van der Waals surface area contributed by atoms with Gasteiger partial charge in [-0.3, -0.25) is 14.3 Å². The second-order valence-corrected chi connectivity index (χ2v) is 5.76. The summed E-state index contributed by atoms with van der Waals surface area (Å²) < 4.78 is 27.8. The van der Waals surface area contributed by atoms with Crippen molar-refractivity contribution in [2.75, 3.05) is 12.4 Å². The van der Waals surface area contributed by atoms with Crippen molar-refractivity contribution in [2.24, 2.45) is 0 Å². The van der Waals surface area contributed by atoms with Crippen LogP contribution in [0, 0.1) is 5.82 Å². The molecule has 1 aromatic carbocycles. The highest BCUT2D eigenvalue weighted by molar-refractivity contribution is 6.32. The maximum absolute atomic E-state index is 14.7. The van der Waals surface area contributed by atoms with Crippen molar-refractivity contribution in [3.8, 4) is 16.9 Å². The lowest BCUT2D eigenvalue weighted by molar-refractivity contribution is -0.143. The monoisotopic (exact) mass is 369 g/mol. The average Bonchev–Trinajstić information content (AvgIpc) is 2.83. The SMILES string of the molecule is CCn1c(Cl)c(-c2cc3c(cc2F)OC(OC)C(=O)N3)c(=O)n1CC. The van der Waals surface area contributed by atoms with Gasteiger partial charge < -0.3 is 14.8 Å². The number of ether oxygens (including phenoxy) is 2. The molecule has 0 saturated heterocycles. The Bertz CT molecular complexity index is 906. The van der Waals surface area contributed by atoms with E-state index in [-0.39, 0.29) is 27.7 Å². The summed E-state index contributed by atoms with van der Waals surface area (Å²) in [6.45, 7) is 4.50. The number of aromatic nitrogens is 2. The third-order valence-corrected chi connectivity index (χ3v) is 4.41. The highest BCUT2D eigenvalue weighted by atomic mass is 35.5. The fourth-order valence-electron chi connectivity index (χ4n) is 2.87. The molecular formula is C16H17ClFN3O4. The van der Waals surface area contributed by atoms with E-state index in [1.807, 2.05) is 6.92 Å². The van der Waals surface area contributed by atoms with Crippen LogP contribution in [0.2, 0.25) is 5.15 Å². The second-order valence-electron chi connectivity index (χ2n) is 5.41. The number of hydrogen-bond acceptors (Lipinski definition) is 4. The van der Waals surface area contributed by atoms with Crippen molar-refractivity contribution in [1.82, 2.24) is 9.36 Å². The molecule has 134 valence electrons. The van der Waals surface area contributed by atoms with Gasteiger partial charge in [-0.25, -0.2) is 9.07 Å². The van der Waals surface area contributed by atoms with Crippen LogP contribution in [0.1, 0.15) is 13.8 Å². The van der Waals surface area contributed by atoms with Crippen molar-refractivity contribution < 1.29 is 18.7 Å². The number of benzene rings is 1. The lowest BCUT2D eigenvalue weighted by atomic mass is 10.1. The molecule has 1 aromatic heterocycles. The first-order valence-corrected chi connectivity index (χ1v) is 8.14. The average molecular weight is 370 g/mol. The molecule has 7 nitrogen and oxygen atoms in total. The van der Waals surface area contributed by atoms with Gasteiger partial charge >= 0.3 is 0 Å². The lowest BCUT2D eigenvalue weighted by Gasteiger charge is -2.25. The standard InChI is InChI=1S/C16H17ClFN3O4/c1-4-20-13(17)12(15(23)21(20)5-2)8-6-10-11(7-9(8)18)25-16(24-3)14(22)19-10/h6-7,16H,4-5H2,1-3H3,(H,19,22). The van der Waals surface area contributed by atoms with Gasteiger partial charge in [0.2, 0.25) is 0 Å². The van der Waals surface area contributed by atoms with Crippen LogP contribution < -0.4 is 15.6 Å². The highest BCUT2D eigenvalue weighted by Gasteiger charge is 2.30. The summed E-state index contributed by atoms with van der Waals surface area (Å²) in [7, 11) is 1.31. The molecule has 2 heterocycles. The van der Waals surface area contributed by atoms with Crippen molar-refractivity contribution in [1.29, 1.82) is 0 Å². The Morgan fingerprint density at radius 3 is 2.52 bits per heavy atom. The van der Waals surface area contributed by atoms with Gasteiger partial charge in [-0.2, -0.15) is 0 Å². The normalized spacial score (nSPS) is 16.4.